The van der Waals surface area contributed by atoms with Crippen molar-refractivity contribution < 1.29 is 9.47 Å². The Morgan fingerprint density at radius 3 is 1.83 bits per heavy atom. The molecule has 4 nitrogen and oxygen atoms in total. The molecule has 0 N–H and O–H groups in total. The van der Waals surface area contributed by atoms with Crippen LogP contribution in [0.15, 0.2) is 0 Å². The molecule has 0 radical (unpaired) electrons. The second kappa shape index (κ2) is 9.97. The maximum Gasteiger partial charge on any atom is 0.0701 e. The Morgan fingerprint density at radius 1 is 0.739 bits per heavy atom. The topological polar surface area (TPSA) is 24.9 Å². The van der Waals surface area contributed by atoms with Crippen LogP contribution in [0.1, 0.15) is 54.4 Å². The molecule has 0 saturated carbocycles. The van der Waals surface area contributed by atoms with Gasteiger partial charge in [0.25, 0.3) is 0 Å². The van der Waals surface area contributed by atoms with E-state index in [9.17, 15) is 0 Å². The number of piperazine rings is 1. The third-order valence-corrected chi connectivity index (χ3v) is 4.46. The first kappa shape index (κ1) is 20.9. The number of nitrogens with zero attached hydrogens (tertiary/aromatic N) is 2. The highest BCUT2D eigenvalue weighted by molar-refractivity contribution is 4.81. The average Bonchev–Trinajstić information content (AvgIpc) is 2.44. The lowest BCUT2D eigenvalue weighted by molar-refractivity contribution is 0.0197. The third-order valence-electron chi connectivity index (χ3n) is 4.46. The van der Waals surface area contributed by atoms with Gasteiger partial charge < -0.3 is 9.47 Å². The van der Waals surface area contributed by atoms with Crippen LogP contribution in [0.5, 0.6) is 0 Å². The van der Waals surface area contributed by atoms with Gasteiger partial charge in [0.2, 0.25) is 0 Å². The molecular formula is C19H40N2O2. The lowest BCUT2D eigenvalue weighted by Crippen LogP contribution is -2.53. The average molecular weight is 329 g/mol. The first-order valence-electron chi connectivity index (χ1n) is 9.31. The van der Waals surface area contributed by atoms with Crippen molar-refractivity contribution in [2.45, 2.75) is 59.9 Å². The van der Waals surface area contributed by atoms with Gasteiger partial charge in [0.15, 0.2) is 0 Å². The molecule has 1 rings (SSSR count). The Bertz CT molecular complexity index is 299. The fourth-order valence-corrected chi connectivity index (χ4v) is 2.86. The van der Waals surface area contributed by atoms with Gasteiger partial charge >= 0.3 is 0 Å². The van der Waals surface area contributed by atoms with Crippen molar-refractivity contribution in [1.29, 1.82) is 0 Å². The molecule has 0 aromatic carbocycles. The Labute approximate surface area is 144 Å². The highest BCUT2D eigenvalue weighted by Gasteiger charge is 2.25. The van der Waals surface area contributed by atoms with Crippen LogP contribution >= 0.6 is 0 Å². The van der Waals surface area contributed by atoms with E-state index in [1.807, 2.05) is 0 Å². The summed E-state index contributed by atoms with van der Waals surface area (Å²) < 4.78 is 11.3. The van der Waals surface area contributed by atoms with Gasteiger partial charge in [-0.3, -0.25) is 9.80 Å². The molecular weight excluding hydrogens is 288 g/mol. The molecule has 0 aliphatic carbocycles. The second-order valence-corrected chi connectivity index (χ2v) is 8.89. The molecule has 0 aromatic heterocycles. The van der Waals surface area contributed by atoms with Crippen molar-refractivity contribution in [3.8, 4) is 0 Å². The van der Waals surface area contributed by atoms with Gasteiger partial charge in [-0.25, -0.2) is 0 Å². The van der Waals surface area contributed by atoms with Crippen LogP contribution in [0, 0.1) is 5.41 Å². The lowest BCUT2D eigenvalue weighted by atomic mass is 9.91. The second-order valence-electron chi connectivity index (χ2n) is 8.89. The number of rotatable bonds is 9. The minimum atomic E-state index is 0.299. The van der Waals surface area contributed by atoms with Gasteiger partial charge in [-0.1, -0.05) is 20.8 Å². The Kier molecular flexibility index (Phi) is 9.06. The molecule has 0 aromatic rings. The van der Waals surface area contributed by atoms with E-state index < -0.39 is 0 Å². The van der Waals surface area contributed by atoms with E-state index >= 15 is 0 Å². The number of ether oxygens (including phenoxy) is 2. The fraction of sp³-hybridized carbons (Fsp3) is 1.00. The van der Waals surface area contributed by atoms with Crippen molar-refractivity contribution in [1.82, 2.24) is 9.80 Å². The molecule has 1 saturated heterocycles. The SMILES string of the molecule is CC(C)(C)CCCOCCOCCN1CCN(C(C)(C)C)CC1. The maximum atomic E-state index is 5.70. The zero-order chi connectivity index (χ0) is 17.3. The quantitative estimate of drug-likeness (QED) is 0.607. The molecule has 0 unspecified atom stereocenters. The van der Waals surface area contributed by atoms with E-state index in [-0.39, 0.29) is 0 Å². The van der Waals surface area contributed by atoms with E-state index in [1.54, 1.807) is 0 Å². The molecule has 4 heteroatoms. The van der Waals surface area contributed by atoms with Crippen molar-refractivity contribution >= 4 is 0 Å². The summed E-state index contributed by atoms with van der Waals surface area (Å²) in [5, 5.41) is 0. The van der Waals surface area contributed by atoms with Gasteiger partial charge in [0.1, 0.15) is 0 Å². The molecule has 1 aliphatic heterocycles. The predicted octanol–water partition coefficient (Wildman–Crippen LogP) is 3.26. The van der Waals surface area contributed by atoms with Crippen LogP contribution in [0.3, 0.4) is 0 Å². The Morgan fingerprint density at radius 2 is 1.30 bits per heavy atom. The molecule has 0 spiro atoms. The van der Waals surface area contributed by atoms with E-state index in [2.05, 4.69) is 51.3 Å². The standard InChI is InChI=1S/C19H40N2O2/c1-18(2,3)8-7-14-22-16-17-23-15-13-20-9-11-21(12-10-20)19(4,5)6/h7-17H2,1-6H3. The molecule has 0 amide bonds. The van der Waals surface area contributed by atoms with Crippen molar-refractivity contribution in [3.05, 3.63) is 0 Å². The van der Waals surface area contributed by atoms with Crippen LogP contribution < -0.4 is 0 Å². The minimum Gasteiger partial charge on any atom is -0.379 e. The highest BCUT2D eigenvalue weighted by Crippen LogP contribution is 2.20. The largest absolute Gasteiger partial charge is 0.379 e. The minimum absolute atomic E-state index is 0.299. The van der Waals surface area contributed by atoms with Crippen LogP contribution in [0.4, 0.5) is 0 Å². The summed E-state index contributed by atoms with van der Waals surface area (Å²) in [5.41, 5.74) is 0.712. The first-order valence-corrected chi connectivity index (χ1v) is 9.31. The van der Waals surface area contributed by atoms with Crippen molar-refractivity contribution in [3.63, 3.8) is 0 Å². The Balaban J connectivity index is 1.91. The van der Waals surface area contributed by atoms with E-state index in [0.717, 1.165) is 52.5 Å². The molecule has 1 fully saturated rings. The van der Waals surface area contributed by atoms with E-state index in [4.69, 9.17) is 9.47 Å². The molecule has 1 heterocycles. The van der Waals surface area contributed by atoms with Gasteiger partial charge in [-0.15, -0.1) is 0 Å². The molecule has 1 aliphatic rings. The van der Waals surface area contributed by atoms with Crippen LogP contribution in [-0.2, 0) is 9.47 Å². The van der Waals surface area contributed by atoms with Crippen LogP contribution in [0.2, 0.25) is 0 Å². The van der Waals surface area contributed by atoms with Crippen LogP contribution in [-0.4, -0.2) is 74.5 Å². The summed E-state index contributed by atoms with van der Waals surface area (Å²) in [5.74, 6) is 0. The molecule has 0 atom stereocenters. The summed E-state index contributed by atoms with van der Waals surface area (Å²) in [6.07, 6.45) is 2.36. The van der Waals surface area contributed by atoms with Gasteiger partial charge in [0, 0.05) is 44.9 Å². The molecule has 138 valence electrons. The zero-order valence-corrected chi connectivity index (χ0v) is 16.5. The van der Waals surface area contributed by atoms with Gasteiger partial charge in [0.05, 0.1) is 19.8 Å². The van der Waals surface area contributed by atoms with Gasteiger partial charge in [-0.2, -0.15) is 0 Å². The number of hydrogen-bond donors (Lipinski definition) is 0. The smallest absolute Gasteiger partial charge is 0.0701 e. The Hall–Kier alpha value is -0.160. The van der Waals surface area contributed by atoms with Crippen molar-refractivity contribution in [2.75, 3.05) is 59.2 Å². The normalized spacial score (nSPS) is 18.5. The van der Waals surface area contributed by atoms with Crippen LogP contribution in [0.25, 0.3) is 0 Å². The third kappa shape index (κ3) is 10.3. The zero-order valence-electron chi connectivity index (χ0n) is 16.5. The van der Waals surface area contributed by atoms with Crippen molar-refractivity contribution in [2.24, 2.45) is 5.41 Å². The summed E-state index contributed by atoms with van der Waals surface area (Å²) in [6, 6.07) is 0. The highest BCUT2D eigenvalue weighted by atomic mass is 16.5. The lowest BCUT2D eigenvalue weighted by Gasteiger charge is -2.42. The summed E-state index contributed by atoms with van der Waals surface area (Å²) in [7, 11) is 0. The fourth-order valence-electron chi connectivity index (χ4n) is 2.86. The van der Waals surface area contributed by atoms with E-state index in [1.165, 1.54) is 19.5 Å². The summed E-state index contributed by atoms with van der Waals surface area (Å²) in [4.78, 5) is 5.07. The number of hydrogen-bond acceptors (Lipinski definition) is 4. The molecule has 0 bridgehead atoms. The molecule has 23 heavy (non-hydrogen) atoms. The summed E-state index contributed by atoms with van der Waals surface area (Å²) in [6.45, 7) is 22.5. The monoisotopic (exact) mass is 328 g/mol. The van der Waals surface area contributed by atoms with Gasteiger partial charge in [-0.05, 0) is 39.0 Å². The predicted molar refractivity (Wildman–Crippen MR) is 98.1 cm³/mol. The summed E-state index contributed by atoms with van der Waals surface area (Å²) >= 11 is 0. The maximum absolute atomic E-state index is 5.70. The first-order chi connectivity index (χ1) is 10.7. The van der Waals surface area contributed by atoms with E-state index in [0.29, 0.717) is 11.0 Å².